The van der Waals surface area contributed by atoms with Crippen molar-refractivity contribution in [3.05, 3.63) is 42.0 Å². The van der Waals surface area contributed by atoms with Crippen molar-refractivity contribution >= 4 is 17.5 Å². The third-order valence-corrected chi connectivity index (χ3v) is 4.35. The molecule has 2 amide bonds. The van der Waals surface area contributed by atoms with Crippen LogP contribution < -0.4 is 15.4 Å². The quantitative estimate of drug-likeness (QED) is 0.778. The van der Waals surface area contributed by atoms with E-state index in [1.54, 1.807) is 31.4 Å². The molecule has 2 aromatic rings. The SMILES string of the molecule is COc1cccc(NC(=O)c2nc[nH]c2C(=O)NC2CCCCC2)c1. The number of methoxy groups -OCH3 is 1. The number of anilines is 1. The number of H-pyrrole nitrogens is 1. The molecule has 132 valence electrons. The molecule has 0 aliphatic heterocycles. The van der Waals surface area contributed by atoms with Crippen LogP contribution >= 0.6 is 0 Å². The van der Waals surface area contributed by atoms with E-state index in [0.717, 1.165) is 25.7 Å². The molecule has 0 radical (unpaired) electrons. The van der Waals surface area contributed by atoms with Crippen LogP contribution in [0.15, 0.2) is 30.6 Å². The summed E-state index contributed by atoms with van der Waals surface area (Å²) in [6.07, 6.45) is 6.77. The molecule has 7 heteroatoms. The lowest BCUT2D eigenvalue weighted by Gasteiger charge is -2.22. The molecule has 1 fully saturated rings. The highest BCUT2D eigenvalue weighted by Gasteiger charge is 2.23. The van der Waals surface area contributed by atoms with Gasteiger partial charge < -0.3 is 20.4 Å². The first kappa shape index (κ1) is 17.0. The molecule has 1 saturated carbocycles. The summed E-state index contributed by atoms with van der Waals surface area (Å²) in [6, 6.07) is 7.17. The van der Waals surface area contributed by atoms with Gasteiger partial charge in [0.2, 0.25) is 0 Å². The number of ether oxygens (including phenoxy) is 1. The summed E-state index contributed by atoms with van der Waals surface area (Å²) in [7, 11) is 1.56. The Kier molecular flexibility index (Phi) is 5.33. The number of nitrogens with zero attached hydrogens (tertiary/aromatic N) is 1. The molecule has 1 aromatic carbocycles. The van der Waals surface area contributed by atoms with Gasteiger partial charge >= 0.3 is 0 Å². The fourth-order valence-electron chi connectivity index (χ4n) is 3.04. The summed E-state index contributed by atoms with van der Waals surface area (Å²) in [5, 5.41) is 5.72. The fourth-order valence-corrected chi connectivity index (χ4v) is 3.04. The summed E-state index contributed by atoms with van der Waals surface area (Å²) >= 11 is 0. The van der Waals surface area contributed by atoms with Crippen molar-refractivity contribution in [3.8, 4) is 5.75 Å². The Labute approximate surface area is 146 Å². The number of nitrogens with one attached hydrogen (secondary N) is 3. The zero-order chi connectivity index (χ0) is 17.6. The summed E-state index contributed by atoms with van der Waals surface area (Å²) < 4.78 is 5.14. The van der Waals surface area contributed by atoms with Gasteiger partial charge in [0.05, 0.1) is 13.4 Å². The smallest absolute Gasteiger partial charge is 0.276 e. The van der Waals surface area contributed by atoms with E-state index >= 15 is 0 Å². The summed E-state index contributed by atoms with van der Waals surface area (Å²) in [5.74, 6) is -0.0985. The van der Waals surface area contributed by atoms with Crippen LogP contribution in [0.4, 0.5) is 5.69 Å². The second kappa shape index (κ2) is 7.83. The van der Waals surface area contributed by atoms with Crippen LogP contribution in [0.3, 0.4) is 0 Å². The largest absolute Gasteiger partial charge is 0.497 e. The molecular weight excluding hydrogens is 320 g/mol. The van der Waals surface area contributed by atoms with Crippen molar-refractivity contribution in [3.63, 3.8) is 0 Å². The van der Waals surface area contributed by atoms with Gasteiger partial charge in [-0.3, -0.25) is 9.59 Å². The number of amides is 2. The maximum atomic E-state index is 12.5. The van der Waals surface area contributed by atoms with Gasteiger partial charge in [0.25, 0.3) is 11.8 Å². The number of aromatic amines is 1. The van der Waals surface area contributed by atoms with E-state index in [1.807, 2.05) is 0 Å². The van der Waals surface area contributed by atoms with Crippen molar-refractivity contribution in [2.24, 2.45) is 0 Å². The van der Waals surface area contributed by atoms with Crippen LogP contribution in [0.25, 0.3) is 0 Å². The molecule has 3 N–H and O–H groups in total. The molecule has 0 saturated heterocycles. The zero-order valence-corrected chi connectivity index (χ0v) is 14.2. The maximum absolute atomic E-state index is 12.5. The Hall–Kier alpha value is -2.83. The molecule has 0 spiro atoms. The third-order valence-electron chi connectivity index (χ3n) is 4.35. The van der Waals surface area contributed by atoms with E-state index in [2.05, 4.69) is 20.6 Å². The first-order valence-corrected chi connectivity index (χ1v) is 8.47. The predicted octanol–water partition coefficient (Wildman–Crippen LogP) is 2.73. The van der Waals surface area contributed by atoms with Crippen molar-refractivity contribution < 1.29 is 14.3 Å². The molecule has 7 nitrogen and oxygen atoms in total. The van der Waals surface area contributed by atoms with Gasteiger partial charge in [-0.25, -0.2) is 4.98 Å². The van der Waals surface area contributed by atoms with Gasteiger partial charge in [-0.05, 0) is 25.0 Å². The van der Waals surface area contributed by atoms with Gasteiger partial charge in [-0.1, -0.05) is 25.3 Å². The lowest BCUT2D eigenvalue weighted by Crippen LogP contribution is -2.37. The Balaban J connectivity index is 1.69. The van der Waals surface area contributed by atoms with E-state index in [9.17, 15) is 9.59 Å². The first-order chi connectivity index (χ1) is 12.2. The van der Waals surface area contributed by atoms with Crippen LogP contribution in [0.1, 0.15) is 53.1 Å². The molecule has 0 atom stereocenters. The fraction of sp³-hybridized carbons (Fsp3) is 0.389. The number of hydrogen-bond donors (Lipinski definition) is 3. The summed E-state index contributed by atoms with van der Waals surface area (Å²) in [5.41, 5.74) is 0.841. The van der Waals surface area contributed by atoms with Crippen LogP contribution in [0.2, 0.25) is 0 Å². The highest BCUT2D eigenvalue weighted by atomic mass is 16.5. The number of aromatic nitrogens is 2. The van der Waals surface area contributed by atoms with E-state index in [0.29, 0.717) is 11.4 Å². The Bertz CT molecular complexity index is 750. The predicted molar refractivity (Wildman–Crippen MR) is 93.9 cm³/mol. The molecule has 0 bridgehead atoms. The van der Waals surface area contributed by atoms with Gasteiger partial charge in [-0.15, -0.1) is 0 Å². The minimum absolute atomic E-state index is 0.0797. The zero-order valence-electron chi connectivity index (χ0n) is 14.2. The topological polar surface area (TPSA) is 96.1 Å². The van der Waals surface area contributed by atoms with E-state index in [4.69, 9.17) is 4.74 Å². The van der Waals surface area contributed by atoms with Crippen molar-refractivity contribution in [1.82, 2.24) is 15.3 Å². The highest BCUT2D eigenvalue weighted by molar-refractivity contribution is 6.10. The van der Waals surface area contributed by atoms with Crippen LogP contribution in [-0.2, 0) is 0 Å². The molecule has 3 rings (SSSR count). The number of benzene rings is 1. The Morgan fingerprint density at radius 2 is 2.00 bits per heavy atom. The minimum Gasteiger partial charge on any atom is -0.497 e. The average molecular weight is 342 g/mol. The Morgan fingerprint density at radius 1 is 1.20 bits per heavy atom. The lowest BCUT2D eigenvalue weighted by atomic mass is 9.95. The van der Waals surface area contributed by atoms with E-state index in [1.165, 1.54) is 12.7 Å². The average Bonchev–Trinajstić information content (AvgIpc) is 3.13. The molecule has 0 unspecified atom stereocenters. The normalized spacial score (nSPS) is 14.8. The third kappa shape index (κ3) is 4.17. The Morgan fingerprint density at radius 3 is 2.76 bits per heavy atom. The number of carbonyl (C=O) groups is 2. The van der Waals surface area contributed by atoms with Gasteiger partial charge in [0.15, 0.2) is 5.69 Å². The van der Waals surface area contributed by atoms with E-state index < -0.39 is 5.91 Å². The number of carbonyl (C=O) groups excluding carboxylic acids is 2. The maximum Gasteiger partial charge on any atom is 0.276 e. The second-order valence-electron chi connectivity index (χ2n) is 6.12. The molecule has 1 aliphatic carbocycles. The molecular formula is C18H22N4O3. The summed E-state index contributed by atoms with van der Waals surface area (Å²) in [4.78, 5) is 31.7. The number of hydrogen-bond acceptors (Lipinski definition) is 4. The van der Waals surface area contributed by atoms with Crippen LogP contribution in [-0.4, -0.2) is 34.9 Å². The second-order valence-corrected chi connectivity index (χ2v) is 6.12. The first-order valence-electron chi connectivity index (χ1n) is 8.47. The number of imidazole rings is 1. The molecule has 1 aromatic heterocycles. The van der Waals surface area contributed by atoms with Gasteiger partial charge in [0.1, 0.15) is 11.4 Å². The van der Waals surface area contributed by atoms with Crippen LogP contribution in [0.5, 0.6) is 5.75 Å². The van der Waals surface area contributed by atoms with Crippen molar-refractivity contribution in [1.29, 1.82) is 0 Å². The lowest BCUT2D eigenvalue weighted by molar-refractivity contribution is 0.0912. The van der Waals surface area contributed by atoms with Crippen molar-refractivity contribution in [2.75, 3.05) is 12.4 Å². The molecule has 1 aliphatic rings. The van der Waals surface area contributed by atoms with E-state index in [-0.39, 0.29) is 23.3 Å². The van der Waals surface area contributed by atoms with Gasteiger partial charge in [0, 0.05) is 17.8 Å². The van der Waals surface area contributed by atoms with Crippen LogP contribution in [0, 0.1) is 0 Å². The monoisotopic (exact) mass is 342 g/mol. The standard InChI is InChI=1S/C18H22N4O3/c1-25-14-9-5-8-13(10-14)22-18(24)16-15(19-11-20-16)17(23)21-12-6-3-2-4-7-12/h5,8-12H,2-4,6-7H2,1H3,(H,19,20)(H,21,23)(H,22,24). The molecule has 1 heterocycles. The number of rotatable bonds is 5. The highest BCUT2D eigenvalue weighted by Crippen LogP contribution is 2.19. The van der Waals surface area contributed by atoms with Crippen molar-refractivity contribution in [2.45, 2.75) is 38.1 Å². The summed E-state index contributed by atoms with van der Waals surface area (Å²) in [6.45, 7) is 0. The minimum atomic E-state index is -0.441. The molecule has 25 heavy (non-hydrogen) atoms. The van der Waals surface area contributed by atoms with Gasteiger partial charge in [-0.2, -0.15) is 0 Å².